The van der Waals surface area contributed by atoms with Gasteiger partial charge in [-0.05, 0) is 72.6 Å². The lowest BCUT2D eigenvalue weighted by Gasteiger charge is -2.38. The Morgan fingerprint density at radius 1 is 0.943 bits per heavy atom. The van der Waals surface area contributed by atoms with E-state index in [2.05, 4.69) is 0 Å². The van der Waals surface area contributed by atoms with Crippen LogP contribution in [0.5, 0.6) is 0 Å². The van der Waals surface area contributed by atoms with E-state index in [4.69, 9.17) is 43.5 Å². The molecular formula is C40H53NO12. The van der Waals surface area contributed by atoms with Crippen molar-refractivity contribution in [3.8, 4) is 6.07 Å². The maximum atomic E-state index is 12.4. The number of esters is 3. The maximum absolute atomic E-state index is 12.4. The van der Waals surface area contributed by atoms with Crippen LogP contribution in [0.2, 0.25) is 0 Å². The largest absolute Gasteiger partial charge is 0.458 e. The molecule has 0 amide bonds. The Kier molecular flexibility index (Phi) is 16.5. The molecule has 1 N–H and O–H groups in total. The van der Waals surface area contributed by atoms with E-state index < -0.39 is 41.0 Å². The number of rotatable bonds is 5. The third kappa shape index (κ3) is 16.0. The molecule has 5 rings (SSSR count). The number of Topliss-reactive ketones (excluding diaryl/α,β-unsaturated/α-hetero) is 1. The van der Waals surface area contributed by atoms with Crippen LogP contribution in [0.25, 0.3) is 6.08 Å². The number of ketones is 1. The van der Waals surface area contributed by atoms with Crippen molar-refractivity contribution >= 4 is 29.8 Å². The van der Waals surface area contributed by atoms with Crippen LogP contribution in [-0.4, -0.2) is 83.6 Å². The zero-order chi connectivity index (χ0) is 40.0. The first-order valence-electron chi connectivity index (χ1n) is 17.2. The van der Waals surface area contributed by atoms with Crippen LogP contribution in [-0.2, 0) is 52.3 Å². The minimum absolute atomic E-state index is 0.0172. The number of carbonyl (C=O) groups excluding carboxylic acids is 4. The molecule has 290 valence electrons. The number of nitriles is 1. The number of carbonyl (C=O) groups is 4. The van der Waals surface area contributed by atoms with Crippen molar-refractivity contribution in [2.75, 3.05) is 19.8 Å². The van der Waals surface area contributed by atoms with Gasteiger partial charge in [-0.15, -0.1) is 0 Å². The maximum Gasteiger partial charge on any atom is 0.338 e. The van der Waals surface area contributed by atoms with Crippen LogP contribution in [0.15, 0.2) is 66.7 Å². The molecular weight excluding hydrogens is 686 g/mol. The Bertz CT molecular complexity index is 1570. The topological polar surface area (TPSA) is 180 Å². The van der Waals surface area contributed by atoms with Crippen LogP contribution < -0.4 is 0 Å². The monoisotopic (exact) mass is 739 g/mol. The highest BCUT2D eigenvalue weighted by Crippen LogP contribution is 2.40. The molecule has 0 aromatic heterocycles. The van der Waals surface area contributed by atoms with Crippen LogP contribution in [0.4, 0.5) is 0 Å². The molecule has 0 saturated carbocycles. The Balaban J connectivity index is 0.000000262. The summed E-state index contributed by atoms with van der Waals surface area (Å²) >= 11 is 0. The van der Waals surface area contributed by atoms with Crippen molar-refractivity contribution in [1.29, 1.82) is 5.26 Å². The van der Waals surface area contributed by atoms with Crippen LogP contribution in [0.3, 0.4) is 0 Å². The summed E-state index contributed by atoms with van der Waals surface area (Å²) in [4.78, 5) is 46.4. The number of epoxide rings is 1. The smallest absolute Gasteiger partial charge is 0.338 e. The molecule has 5 atom stereocenters. The Hall–Kier alpha value is -4.45. The van der Waals surface area contributed by atoms with Crippen LogP contribution in [0.1, 0.15) is 86.5 Å². The fourth-order valence-electron chi connectivity index (χ4n) is 4.78. The predicted molar refractivity (Wildman–Crippen MR) is 193 cm³/mol. The molecule has 2 aromatic carbocycles. The molecule has 1 spiro atoms. The average Bonchev–Trinajstić information content (AvgIpc) is 3.82. The average molecular weight is 740 g/mol. The van der Waals surface area contributed by atoms with Crippen molar-refractivity contribution in [1.82, 2.24) is 0 Å². The number of hydrogen-bond acceptors (Lipinski definition) is 13. The van der Waals surface area contributed by atoms with Gasteiger partial charge in [-0.3, -0.25) is 9.59 Å². The number of benzene rings is 2. The van der Waals surface area contributed by atoms with E-state index in [0.29, 0.717) is 0 Å². The van der Waals surface area contributed by atoms with Crippen molar-refractivity contribution in [3.63, 3.8) is 0 Å². The van der Waals surface area contributed by atoms with Crippen molar-refractivity contribution < 1.29 is 57.4 Å². The van der Waals surface area contributed by atoms with Gasteiger partial charge in [0.2, 0.25) is 5.78 Å². The standard InChI is InChI=1S/C13H16O3.C13H16O2.C12H18O6.C2H3NO/c1-13(2,3)16-12(14)11-10(15-11)9-7-5-4-6-8-9;1-13(2,3)15-12(14)10-9-11-7-5-4-6-8-11;1-7-5-15-12(6-16-11(3,4)18-12)10(14)9(7)17-8(2)13;3-1-2-4/h4-8,10-11H,1-3H3;4-10H,1-3H3;7,9H,5-6H2,1-4H3;4H,2H2/b;10-9+;;/t10-,11+;;7-,9-,12+;/m1.1./s1. The molecule has 3 saturated heterocycles. The second-order valence-corrected chi connectivity index (χ2v) is 14.7. The van der Waals surface area contributed by atoms with E-state index in [-0.39, 0.29) is 49.6 Å². The van der Waals surface area contributed by atoms with E-state index in [9.17, 15) is 19.2 Å². The lowest BCUT2D eigenvalue weighted by atomic mass is 9.93. The third-order valence-electron chi connectivity index (χ3n) is 6.99. The van der Waals surface area contributed by atoms with Crippen molar-refractivity contribution in [3.05, 3.63) is 77.9 Å². The van der Waals surface area contributed by atoms with E-state index in [1.165, 1.54) is 19.1 Å². The molecule has 3 heterocycles. The van der Waals surface area contributed by atoms with E-state index >= 15 is 0 Å². The summed E-state index contributed by atoms with van der Waals surface area (Å²) in [7, 11) is 0. The minimum Gasteiger partial charge on any atom is -0.458 e. The summed E-state index contributed by atoms with van der Waals surface area (Å²) in [5.41, 5.74) is 1.13. The van der Waals surface area contributed by atoms with E-state index in [0.717, 1.165) is 11.1 Å². The summed E-state index contributed by atoms with van der Waals surface area (Å²) in [5.74, 6) is -3.97. The lowest BCUT2D eigenvalue weighted by Crippen LogP contribution is -2.58. The molecule has 13 heteroatoms. The number of nitrogens with zero attached hydrogens (tertiary/aromatic N) is 1. The van der Waals surface area contributed by atoms with Gasteiger partial charge < -0.3 is 38.3 Å². The molecule has 0 aliphatic carbocycles. The highest BCUT2D eigenvalue weighted by atomic mass is 16.8. The van der Waals surface area contributed by atoms with Gasteiger partial charge in [-0.25, -0.2) is 9.59 Å². The predicted octanol–water partition coefficient (Wildman–Crippen LogP) is 5.64. The lowest BCUT2D eigenvalue weighted by molar-refractivity contribution is -0.266. The first kappa shape index (κ1) is 44.7. The molecule has 13 nitrogen and oxygen atoms in total. The summed E-state index contributed by atoms with van der Waals surface area (Å²) in [6, 6.07) is 20.8. The SMILES string of the molecule is CC(=O)O[C@H]1C(=O)[C@@]2(COC(C)(C)O2)OC[C@H]1C.CC(C)(C)OC(=O)/C=C/c1ccccc1.CC(C)(C)OC(=O)[C@H]1O[C@@H]1c1ccccc1.N#CCO. The van der Waals surface area contributed by atoms with Crippen LogP contribution in [0, 0.1) is 17.2 Å². The normalized spacial score (nSPS) is 24.2. The molecule has 0 bridgehead atoms. The van der Waals surface area contributed by atoms with E-state index in [1.54, 1.807) is 26.8 Å². The van der Waals surface area contributed by atoms with Gasteiger partial charge in [0.1, 0.15) is 30.5 Å². The summed E-state index contributed by atoms with van der Waals surface area (Å²) in [6.07, 6.45) is 1.79. The Morgan fingerprint density at radius 2 is 1.49 bits per heavy atom. The van der Waals surface area contributed by atoms with E-state index in [1.807, 2.05) is 102 Å². The first-order chi connectivity index (χ1) is 24.6. The van der Waals surface area contributed by atoms with Gasteiger partial charge in [-0.2, -0.15) is 5.26 Å². The van der Waals surface area contributed by atoms with Gasteiger partial charge in [0, 0.05) is 18.9 Å². The summed E-state index contributed by atoms with van der Waals surface area (Å²) < 4.78 is 37.2. The van der Waals surface area contributed by atoms with Gasteiger partial charge >= 0.3 is 17.9 Å². The minimum atomic E-state index is -1.43. The Morgan fingerprint density at radius 3 is 1.96 bits per heavy atom. The Labute approximate surface area is 312 Å². The molecule has 53 heavy (non-hydrogen) atoms. The van der Waals surface area contributed by atoms with Crippen molar-refractivity contribution in [2.45, 2.75) is 110 Å². The number of ether oxygens (including phenoxy) is 7. The highest BCUT2D eigenvalue weighted by molar-refractivity contribution is 5.92. The quantitative estimate of drug-likeness (QED) is 0.131. The zero-order valence-corrected chi connectivity index (χ0v) is 32.2. The molecule has 2 aromatic rings. The molecule has 0 unspecified atom stereocenters. The van der Waals surface area contributed by atoms with Crippen molar-refractivity contribution in [2.24, 2.45) is 5.92 Å². The number of aliphatic hydroxyl groups excluding tert-OH is 1. The zero-order valence-electron chi connectivity index (χ0n) is 32.2. The number of aliphatic hydroxyl groups is 1. The van der Waals surface area contributed by atoms with Gasteiger partial charge in [0.25, 0.3) is 5.79 Å². The second kappa shape index (κ2) is 19.6. The van der Waals surface area contributed by atoms with Gasteiger partial charge in [0.15, 0.2) is 18.0 Å². The summed E-state index contributed by atoms with van der Waals surface area (Å²) in [5, 5.41) is 14.9. The number of hydrogen-bond donors (Lipinski definition) is 1. The van der Waals surface area contributed by atoms with Gasteiger partial charge in [0.05, 0.1) is 12.7 Å². The third-order valence-corrected chi connectivity index (χ3v) is 6.99. The fourth-order valence-corrected chi connectivity index (χ4v) is 4.78. The second-order valence-electron chi connectivity index (χ2n) is 14.7. The first-order valence-corrected chi connectivity index (χ1v) is 17.2. The van der Waals surface area contributed by atoms with Gasteiger partial charge in [-0.1, -0.05) is 67.6 Å². The van der Waals surface area contributed by atoms with Crippen LogP contribution >= 0.6 is 0 Å². The molecule has 3 aliphatic heterocycles. The summed E-state index contributed by atoms with van der Waals surface area (Å²) in [6.45, 7) is 17.5. The fraction of sp³-hybridized carbons (Fsp3) is 0.525. The molecule has 0 radical (unpaired) electrons. The highest BCUT2D eigenvalue weighted by Gasteiger charge is 2.58. The molecule has 3 fully saturated rings. The molecule has 3 aliphatic rings.